The minimum atomic E-state index is -1.76. The number of pyridine rings is 1. The number of aryl methyl sites for hydroxylation is 1. The summed E-state index contributed by atoms with van der Waals surface area (Å²) in [6.45, 7) is 3.65. The van der Waals surface area contributed by atoms with Gasteiger partial charge in [-0.1, -0.05) is 12.1 Å². The van der Waals surface area contributed by atoms with E-state index in [1.807, 2.05) is 25.1 Å². The Morgan fingerprint density at radius 1 is 1.18 bits per heavy atom. The minimum absolute atomic E-state index is 0.0534. The van der Waals surface area contributed by atoms with Gasteiger partial charge in [0.1, 0.15) is 5.75 Å². The molecule has 0 aliphatic carbocycles. The van der Waals surface area contributed by atoms with Crippen molar-refractivity contribution in [1.82, 2.24) is 4.98 Å². The number of nitrogens with zero attached hydrogens (tertiary/aromatic N) is 2. The van der Waals surface area contributed by atoms with Gasteiger partial charge in [-0.15, -0.1) is 0 Å². The van der Waals surface area contributed by atoms with Crippen molar-refractivity contribution < 1.29 is 28.6 Å². The molecule has 0 spiro atoms. The van der Waals surface area contributed by atoms with Gasteiger partial charge < -0.3 is 9.84 Å². The summed E-state index contributed by atoms with van der Waals surface area (Å²) >= 11 is -1.76. The fourth-order valence-corrected chi connectivity index (χ4v) is 4.97. The molecule has 4 rings (SSSR count). The third-order valence-electron chi connectivity index (χ3n) is 5.71. The van der Waals surface area contributed by atoms with Crippen LogP contribution >= 0.6 is 0 Å². The summed E-state index contributed by atoms with van der Waals surface area (Å²) in [6, 6.07) is 12.2. The van der Waals surface area contributed by atoms with E-state index in [0.717, 1.165) is 16.7 Å². The van der Waals surface area contributed by atoms with Crippen LogP contribution in [0.2, 0.25) is 0 Å². The Kier molecular flexibility index (Phi) is 6.97. The molecule has 2 aromatic carbocycles. The number of ether oxygens (including phenoxy) is 2. The van der Waals surface area contributed by atoms with E-state index in [0.29, 0.717) is 32.1 Å². The van der Waals surface area contributed by atoms with Gasteiger partial charge in [0.2, 0.25) is 0 Å². The van der Waals surface area contributed by atoms with Crippen molar-refractivity contribution in [2.75, 3.05) is 13.7 Å². The molecule has 0 atom stereocenters. The summed E-state index contributed by atoms with van der Waals surface area (Å²) in [5.74, 6) is 0.376. The van der Waals surface area contributed by atoms with Crippen molar-refractivity contribution in [3.05, 3.63) is 70.7 Å². The van der Waals surface area contributed by atoms with Crippen LogP contribution in [0.5, 0.6) is 17.2 Å². The molecule has 1 aliphatic heterocycles. The fraction of sp³-hybridized carbons (Fsp3) is 0.208. The molecule has 0 unspecified atom stereocenters. The van der Waals surface area contributed by atoms with Crippen molar-refractivity contribution in [2.45, 2.75) is 20.3 Å². The molecular weight excluding hydrogens is 438 g/mol. The number of aromatic nitrogens is 1. The van der Waals surface area contributed by atoms with E-state index in [-0.39, 0.29) is 21.3 Å². The number of oxime groups is 1. The Bertz CT molecular complexity index is 1260. The van der Waals surface area contributed by atoms with Crippen LogP contribution in [0.4, 0.5) is 9.18 Å². The summed E-state index contributed by atoms with van der Waals surface area (Å²) in [6.07, 6.45) is 0.386. The third kappa shape index (κ3) is 5.19. The van der Waals surface area contributed by atoms with Crippen molar-refractivity contribution in [2.24, 2.45) is 5.16 Å². The molecule has 33 heavy (non-hydrogen) atoms. The normalized spacial score (nSPS) is 13.0. The smallest absolute Gasteiger partial charge is 0.506 e. The molecule has 7 nitrogen and oxygen atoms in total. The van der Waals surface area contributed by atoms with Crippen molar-refractivity contribution in [3.8, 4) is 28.5 Å². The van der Waals surface area contributed by atoms with E-state index < -0.39 is 32.1 Å². The van der Waals surface area contributed by atoms with Crippen LogP contribution in [-0.2, 0) is 11.3 Å². The number of carbonyl (C=O) groups excluding carboxylic acids is 1. The Morgan fingerprint density at radius 3 is 2.73 bits per heavy atom. The third-order valence-corrected chi connectivity index (χ3v) is 7.35. The fourth-order valence-electron chi connectivity index (χ4n) is 3.84. The van der Waals surface area contributed by atoms with Crippen LogP contribution in [0.15, 0.2) is 47.6 Å². The first-order valence-electron chi connectivity index (χ1n) is 10.6. The van der Waals surface area contributed by atoms with Gasteiger partial charge in [-0.25, -0.2) is 0 Å². The molecule has 165 valence electrons. The molecule has 2 heterocycles. The standard InChI is InChI=1S/C24H21FN2O5.Na/c1-15-11-22(31-10-9-26-32-14-28)23(25)16(2)20(15)13-18-7-8-21(29)24(27-18)17-5-4-6-19(12-17)30-3;/h4-8,11-12,29H,10,13H2,1-3H3;. The molecule has 9 heteroatoms. The number of benzene rings is 2. The summed E-state index contributed by atoms with van der Waals surface area (Å²) in [5, 5.41) is 14.1. The zero-order valence-electron chi connectivity index (χ0n) is 18.8. The molecule has 1 aromatic heterocycles. The quantitative estimate of drug-likeness (QED) is 0.417. The monoisotopic (exact) mass is 459 g/mol. The number of hydrogen-bond acceptors (Lipinski definition) is 7. The molecule has 1 aliphatic rings. The van der Waals surface area contributed by atoms with E-state index in [9.17, 15) is 9.90 Å². The molecule has 5 radical (unpaired) electrons. The Balaban J connectivity index is 1.59. The Morgan fingerprint density at radius 2 is 2.00 bits per heavy atom. The summed E-state index contributed by atoms with van der Waals surface area (Å²) in [5.41, 5.74) is 3.95. The maximum absolute atomic E-state index is 15.1. The molecule has 1 N–H and O–H groups in total. The Hall–Kier alpha value is -2.94. The van der Waals surface area contributed by atoms with E-state index in [4.69, 9.17) is 9.47 Å². The molecule has 0 bridgehead atoms. The second-order valence-electron chi connectivity index (χ2n) is 8.14. The SMILES string of the molecule is COc1cccc(-c2nc(Cc3c(C)cc(OC[C]4=NO[C](=O)[Na]4)c(F)c3C)ccc2O)c1. The van der Waals surface area contributed by atoms with E-state index in [1.165, 1.54) is 0 Å². The van der Waals surface area contributed by atoms with Gasteiger partial charge in [0.05, 0.1) is 7.11 Å². The van der Waals surface area contributed by atoms with Gasteiger partial charge in [0, 0.05) is 0 Å². The van der Waals surface area contributed by atoms with Crippen molar-refractivity contribution in [1.29, 1.82) is 0 Å². The van der Waals surface area contributed by atoms with Crippen molar-refractivity contribution >= 4 is 32.5 Å². The number of carbonyl (C=O) groups is 1. The topological polar surface area (TPSA) is 90.2 Å². The zero-order chi connectivity index (χ0) is 23.5. The molecular formula is C24H21FN2NaO5. The van der Waals surface area contributed by atoms with Crippen LogP contribution in [0.3, 0.4) is 0 Å². The van der Waals surface area contributed by atoms with Gasteiger partial charge in [-0.3, -0.25) is 0 Å². The van der Waals surface area contributed by atoms with Crippen LogP contribution < -0.4 is 9.47 Å². The van der Waals surface area contributed by atoms with Crippen molar-refractivity contribution in [3.63, 3.8) is 0 Å². The van der Waals surface area contributed by atoms with Crippen LogP contribution in [0, 0.1) is 19.7 Å². The van der Waals surface area contributed by atoms with E-state index in [1.54, 1.807) is 38.3 Å². The second-order valence-corrected chi connectivity index (χ2v) is 10.6. The number of halogens is 1. The number of aromatic hydroxyl groups is 1. The Labute approximate surface area is 203 Å². The second kappa shape index (κ2) is 9.91. The average Bonchev–Trinajstić information content (AvgIpc) is 3.24. The van der Waals surface area contributed by atoms with Gasteiger partial charge in [0.15, 0.2) is 0 Å². The van der Waals surface area contributed by atoms with Gasteiger partial charge in [-0.05, 0) is 12.1 Å². The summed E-state index contributed by atoms with van der Waals surface area (Å²) in [4.78, 5) is 20.5. The first kappa shape index (κ1) is 23.2. The number of rotatable bonds is 7. The van der Waals surface area contributed by atoms with Gasteiger partial charge >= 0.3 is 157 Å². The zero-order valence-corrected chi connectivity index (χ0v) is 20.8. The first-order valence-corrected chi connectivity index (χ1v) is 12.6. The molecule has 0 amide bonds. The molecule has 0 saturated carbocycles. The summed E-state index contributed by atoms with van der Waals surface area (Å²) < 4.78 is 26.3. The molecule has 0 fully saturated rings. The first-order chi connectivity index (χ1) is 15.9. The van der Waals surface area contributed by atoms with Crippen LogP contribution in [0.1, 0.15) is 22.4 Å². The maximum atomic E-state index is 15.1. The number of hydrogen-bond donors (Lipinski definition) is 1. The van der Waals surface area contributed by atoms with Gasteiger partial charge in [-0.2, -0.15) is 0 Å². The van der Waals surface area contributed by atoms with E-state index >= 15 is 4.39 Å². The minimum Gasteiger partial charge on any atom is -0.506 e. The average molecular weight is 459 g/mol. The number of methoxy groups -OCH3 is 1. The van der Waals surface area contributed by atoms with Crippen LogP contribution in [-0.4, -0.2) is 56.3 Å². The molecule has 3 aromatic rings. The predicted octanol–water partition coefficient (Wildman–Crippen LogP) is 4.36. The summed E-state index contributed by atoms with van der Waals surface area (Å²) in [7, 11) is 1.58. The predicted molar refractivity (Wildman–Crippen MR) is 122 cm³/mol. The van der Waals surface area contributed by atoms with E-state index in [2.05, 4.69) is 15.0 Å². The van der Waals surface area contributed by atoms with Gasteiger partial charge in [0.25, 0.3) is 0 Å². The molecule has 0 saturated heterocycles. The van der Waals surface area contributed by atoms with Crippen LogP contribution in [0.25, 0.3) is 11.3 Å².